The van der Waals surface area contributed by atoms with Crippen molar-refractivity contribution in [2.24, 2.45) is 5.92 Å². The van der Waals surface area contributed by atoms with Crippen LogP contribution in [0.1, 0.15) is 12.0 Å². The van der Waals surface area contributed by atoms with Crippen molar-refractivity contribution in [2.45, 2.75) is 13.3 Å². The van der Waals surface area contributed by atoms with Gasteiger partial charge in [-0.2, -0.15) is 0 Å². The van der Waals surface area contributed by atoms with Crippen molar-refractivity contribution < 1.29 is 18.7 Å². The lowest BCUT2D eigenvalue weighted by atomic mass is 10.1. The lowest BCUT2D eigenvalue weighted by Gasteiger charge is -2.19. The number of hydrogen-bond donors (Lipinski definition) is 0. The van der Waals surface area contributed by atoms with Crippen molar-refractivity contribution in [1.29, 1.82) is 0 Å². The molecule has 1 fully saturated rings. The van der Waals surface area contributed by atoms with E-state index >= 15 is 0 Å². The van der Waals surface area contributed by atoms with Gasteiger partial charge < -0.3 is 14.1 Å². The molecule has 0 N–H and O–H groups in total. The Balaban J connectivity index is 1.73. The number of ether oxygens (including phenoxy) is 1. The number of halogens is 2. The van der Waals surface area contributed by atoms with Crippen molar-refractivity contribution in [1.82, 2.24) is 4.98 Å². The Morgan fingerprint density at radius 1 is 1.29 bits per heavy atom. The van der Waals surface area contributed by atoms with Gasteiger partial charge in [0.05, 0.1) is 18.1 Å². The number of esters is 1. The van der Waals surface area contributed by atoms with E-state index in [4.69, 9.17) is 32.4 Å². The van der Waals surface area contributed by atoms with Crippen LogP contribution in [-0.2, 0) is 14.3 Å². The minimum Gasteiger partial charge on any atom is -0.469 e. The molecule has 3 aromatic rings. The minimum atomic E-state index is -0.467. The Bertz CT molecular complexity index is 1110. The standard InChI is InChI=1S/C20H16Cl2N2O4/c1-10-3-4-11(19-23-15-8-13(21)7-14(22)18(15)28-19)5-16(10)24-9-12(6-17(24)25)20(26)27-2/h3-5,7-8,12H,6,9H2,1-2H3/t12-/m0/s1. The molecule has 6 nitrogen and oxygen atoms in total. The highest BCUT2D eigenvalue weighted by atomic mass is 35.5. The van der Waals surface area contributed by atoms with Crippen LogP contribution in [-0.4, -0.2) is 30.5 Å². The fraction of sp³-hybridized carbons (Fsp3) is 0.250. The molecule has 2 heterocycles. The van der Waals surface area contributed by atoms with Crippen molar-refractivity contribution >= 4 is 51.9 Å². The zero-order chi connectivity index (χ0) is 20.0. The Morgan fingerprint density at radius 3 is 2.82 bits per heavy atom. The highest BCUT2D eigenvalue weighted by Crippen LogP contribution is 2.35. The van der Waals surface area contributed by atoms with Crippen LogP contribution in [0.5, 0.6) is 0 Å². The molecule has 0 saturated carbocycles. The van der Waals surface area contributed by atoms with E-state index in [0.717, 1.165) is 5.56 Å². The summed E-state index contributed by atoms with van der Waals surface area (Å²) in [6, 6.07) is 8.84. The number of methoxy groups -OCH3 is 1. The van der Waals surface area contributed by atoms with E-state index in [0.29, 0.717) is 38.3 Å². The third-order valence-corrected chi connectivity index (χ3v) is 5.31. The van der Waals surface area contributed by atoms with E-state index in [-0.39, 0.29) is 24.8 Å². The molecule has 1 atom stereocenters. The maximum absolute atomic E-state index is 12.5. The number of benzene rings is 2. The fourth-order valence-corrected chi connectivity index (χ4v) is 3.90. The number of carbonyl (C=O) groups is 2. The first-order valence-corrected chi connectivity index (χ1v) is 9.37. The Labute approximate surface area is 171 Å². The molecule has 2 aromatic carbocycles. The number of carbonyl (C=O) groups excluding carboxylic acids is 2. The number of hydrogen-bond acceptors (Lipinski definition) is 5. The number of anilines is 1. The molecule has 0 aliphatic carbocycles. The average Bonchev–Trinajstić information content (AvgIpc) is 3.25. The maximum atomic E-state index is 12.5. The SMILES string of the molecule is COC(=O)[C@H]1CC(=O)N(c2cc(-c3nc4cc(Cl)cc(Cl)c4o3)ccc2C)C1. The Morgan fingerprint density at radius 2 is 2.07 bits per heavy atom. The first kappa shape index (κ1) is 18.8. The summed E-state index contributed by atoms with van der Waals surface area (Å²) >= 11 is 12.2. The van der Waals surface area contributed by atoms with Crippen LogP contribution in [0.4, 0.5) is 5.69 Å². The van der Waals surface area contributed by atoms with E-state index in [1.54, 1.807) is 17.0 Å². The van der Waals surface area contributed by atoms with Crippen LogP contribution in [0.2, 0.25) is 10.0 Å². The van der Waals surface area contributed by atoms with E-state index in [1.807, 2.05) is 25.1 Å². The second-order valence-electron chi connectivity index (χ2n) is 6.68. The second-order valence-corrected chi connectivity index (χ2v) is 7.53. The van der Waals surface area contributed by atoms with Crippen molar-refractivity contribution in [3.05, 3.63) is 45.9 Å². The molecule has 1 aliphatic rings. The van der Waals surface area contributed by atoms with Gasteiger partial charge in [-0.3, -0.25) is 9.59 Å². The quantitative estimate of drug-likeness (QED) is 0.579. The van der Waals surface area contributed by atoms with Gasteiger partial charge >= 0.3 is 5.97 Å². The number of oxazole rings is 1. The van der Waals surface area contributed by atoms with Crippen LogP contribution in [0.15, 0.2) is 34.7 Å². The van der Waals surface area contributed by atoms with Crippen LogP contribution >= 0.6 is 23.2 Å². The van der Waals surface area contributed by atoms with E-state index in [9.17, 15) is 9.59 Å². The topological polar surface area (TPSA) is 72.6 Å². The summed E-state index contributed by atoms with van der Waals surface area (Å²) in [5.74, 6) is -0.597. The smallest absolute Gasteiger partial charge is 0.311 e. The number of aromatic nitrogens is 1. The average molecular weight is 419 g/mol. The number of nitrogens with zero attached hydrogens (tertiary/aromatic N) is 2. The molecule has 0 spiro atoms. The summed E-state index contributed by atoms with van der Waals surface area (Å²) < 4.78 is 10.6. The summed E-state index contributed by atoms with van der Waals surface area (Å²) in [4.78, 5) is 30.4. The third kappa shape index (κ3) is 3.23. The molecule has 0 bridgehead atoms. The predicted molar refractivity (Wildman–Crippen MR) is 107 cm³/mol. The summed E-state index contributed by atoms with van der Waals surface area (Å²) in [5.41, 5.74) is 3.31. The summed E-state index contributed by atoms with van der Waals surface area (Å²) in [7, 11) is 1.33. The molecule has 4 rings (SSSR count). The number of rotatable bonds is 3. The molecular formula is C20H16Cl2N2O4. The highest BCUT2D eigenvalue weighted by Gasteiger charge is 2.36. The molecule has 144 valence electrons. The monoisotopic (exact) mass is 418 g/mol. The summed E-state index contributed by atoms with van der Waals surface area (Å²) in [6.07, 6.45) is 0.132. The lowest BCUT2D eigenvalue weighted by Crippen LogP contribution is -2.26. The van der Waals surface area contributed by atoms with Gasteiger partial charge in [0.1, 0.15) is 5.52 Å². The van der Waals surface area contributed by atoms with E-state index < -0.39 is 5.92 Å². The molecule has 0 radical (unpaired) electrons. The first-order chi connectivity index (χ1) is 13.4. The molecule has 1 aromatic heterocycles. The molecule has 1 amide bonds. The van der Waals surface area contributed by atoms with Gasteiger partial charge in [-0.1, -0.05) is 29.3 Å². The summed E-state index contributed by atoms with van der Waals surface area (Å²) in [6.45, 7) is 2.19. The Hall–Kier alpha value is -2.57. The molecule has 28 heavy (non-hydrogen) atoms. The largest absolute Gasteiger partial charge is 0.469 e. The van der Waals surface area contributed by atoms with Crippen molar-refractivity contribution in [3.63, 3.8) is 0 Å². The van der Waals surface area contributed by atoms with Crippen LogP contribution in [0.25, 0.3) is 22.6 Å². The number of amides is 1. The van der Waals surface area contributed by atoms with Gasteiger partial charge in [0.2, 0.25) is 11.8 Å². The zero-order valence-electron chi connectivity index (χ0n) is 15.2. The highest BCUT2D eigenvalue weighted by molar-refractivity contribution is 6.38. The Kier molecular flexibility index (Phi) is 4.77. The minimum absolute atomic E-state index is 0.122. The van der Waals surface area contributed by atoms with Crippen LogP contribution in [0, 0.1) is 12.8 Å². The predicted octanol–water partition coefficient (Wildman–Crippen LogP) is 4.64. The normalized spacial score (nSPS) is 16.8. The summed E-state index contributed by atoms with van der Waals surface area (Å²) in [5, 5.41) is 0.850. The molecule has 1 aliphatic heterocycles. The van der Waals surface area contributed by atoms with Crippen LogP contribution < -0.4 is 4.90 Å². The molecule has 8 heteroatoms. The van der Waals surface area contributed by atoms with Crippen molar-refractivity contribution in [2.75, 3.05) is 18.6 Å². The van der Waals surface area contributed by atoms with Gasteiger partial charge in [0.15, 0.2) is 5.58 Å². The number of aryl methyl sites for hydroxylation is 1. The van der Waals surface area contributed by atoms with Gasteiger partial charge in [-0.15, -0.1) is 0 Å². The van der Waals surface area contributed by atoms with E-state index in [1.165, 1.54) is 7.11 Å². The van der Waals surface area contributed by atoms with E-state index in [2.05, 4.69) is 4.98 Å². The van der Waals surface area contributed by atoms with Gasteiger partial charge in [-0.25, -0.2) is 4.98 Å². The molecule has 0 unspecified atom stereocenters. The fourth-order valence-electron chi connectivity index (χ4n) is 3.38. The molecular weight excluding hydrogens is 403 g/mol. The van der Waals surface area contributed by atoms with Crippen LogP contribution in [0.3, 0.4) is 0 Å². The van der Waals surface area contributed by atoms with Gasteiger partial charge in [-0.05, 0) is 36.8 Å². The first-order valence-electron chi connectivity index (χ1n) is 8.62. The lowest BCUT2D eigenvalue weighted by molar-refractivity contribution is -0.145. The maximum Gasteiger partial charge on any atom is 0.311 e. The zero-order valence-corrected chi connectivity index (χ0v) is 16.7. The molecule has 1 saturated heterocycles. The van der Waals surface area contributed by atoms with Gasteiger partial charge in [0.25, 0.3) is 0 Å². The van der Waals surface area contributed by atoms with Crippen molar-refractivity contribution in [3.8, 4) is 11.5 Å². The second kappa shape index (κ2) is 7.11. The van der Waals surface area contributed by atoms with Gasteiger partial charge in [0, 0.05) is 29.2 Å². The third-order valence-electron chi connectivity index (χ3n) is 4.82. The number of fused-ring (bicyclic) bond motifs is 1.